The normalized spacial score (nSPS) is 16.5. The van der Waals surface area contributed by atoms with Gasteiger partial charge in [0.05, 0.1) is 11.4 Å². The first-order valence-electron chi connectivity index (χ1n) is 7.74. The van der Waals surface area contributed by atoms with E-state index in [2.05, 4.69) is 5.32 Å². The first-order valence-corrected chi connectivity index (χ1v) is 9.35. The molecule has 0 aromatic heterocycles. The third-order valence-electron chi connectivity index (χ3n) is 3.94. The molecule has 1 N–H and O–H groups in total. The molecule has 0 unspecified atom stereocenters. The molecule has 25 heavy (non-hydrogen) atoms. The zero-order chi connectivity index (χ0) is 18.0. The van der Waals surface area contributed by atoms with Crippen LogP contribution in [0.1, 0.15) is 23.2 Å². The van der Waals surface area contributed by atoms with Crippen LogP contribution < -0.4 is 9.62 Å². The number of sulfonamides is 1. The molecule has 1 fully saturated rings. The molecule has 0 atom stereocenters. The van der Waals surface area contributed by atoms with E-state index in [0.29, 0.717) is 18.7 Å². The van der Waals surface area contributed by atoms with Crippen LogP contribution in [-0.4, -0.2) is 26.6 Å². The van der Waals surface area contributed by atoms with Crippen molar-refractivity contribution in [1.29, 1.82) is 0 Å². The fraction of sp³-hybridized carbons (Fsp3) is 0.235. The second kappa shape index (κ2) is 6.79. The predicted octanol–water partition coefficient (Wildman–Crippen LogP) is 3.15. The largest absolute Gasteiger partial charge is 0.322 e. The van der Waals surface area contributed by atoms with Crippen molar-refractivity contribution >= 4 is 27.3 Å². The average Bonchev–Trinajstić information content (AvgIpc) is 2.58. The van der Waals surface area contributed by atoms with Gasteiger partial charge in [0, 0.05) is 23.9 Å². The lowest BCUT2D eigenvalue weighted by molar-refractivity contribution is 0.102. The molecule has 0 saturated carbocycles. The second-order valence-electron chi connectivity index (χ2n) is 5.73. The highest BCUT2D eigenvalue weighted by Crippen LogP contribution is 2.24. The molecular weight excluding hydrogens is 350 g/mol. The Morgan fingerprint density at radius 1 is 1.00 bits per heavy atom. The number of hydrogen-bond donors (Lipinski definition) is 1. The van der Waals surface area contributed by atoms with Gasteiger partial charge in [-0.3, -0.25) is 9.10 Å². The second-order valence-corrected chi connectivity index (χ2v) is 7.74. The molecule has 0 bridgehead atoms. The summed E-state index contributed by atoms with van der Waals surface area (Å²) in [7, 11) is -3.31. The lowest BCUT2D eigenvalue weighted by Gasteiger charge is -2.28. The fourth-order valence-corrected chi connectivity index (χ4v) is 4.27. The number of carbonyl (C=O) groups is 1. The third-order valence-corrected chi connectivity index (χ3v) is 5.81. The van der Waals surface area contributed by atoms with E-state index >= 15 is 0 Å². The van der Waals surface area contributed by atoms with Crippen molar-refractivity contribution in [2.75, 3.05) is 21.9 Å². The smallest absolute Gasteiger partial charge is 0.255 e. The zero-order valence-electron chi connectivity index (χ0n) is 13.2. The van der Waals surface area contributed by atoms with Crippen molar-refractivity contribution in [2.24, 2.45) is 0 Å². The summed E-state index contributed by atoms with van der Waals surface area (Å²) in [4.78, 5) is 12.2. The number of nitrogens with zero attached hydrogens (tertiary/aromatic N) is 1. The Morgan fingerprint density at radius 2 is 1.72 bits per heavy atom. The Kier molecular flexibility index (Phi) is 4.71. The van der Waals surface area contributed by atoms with Gasteiger partial charge in [-0.1, -0.05) is 0 Å². The first-order chi connectivity index (χ1) is 11.9. The van der Waals surface area contributed by atoms with Gasteiger partial charge in [0.1, 0.15) is 0 Å². The SMILES string of the molecule is O=C(Nc1ccc(F)c(F)c1)c1ccc(N2CCCCS2(=O)=O)cc1. The van der Waals surface area contributed by atoms with Crippen LogP contribution in [0, 0.1) is 11.6 Å². The average molecular weight is 366 g/mol. The van der Waals surface area contributed by atoms with Crippen LogP contribution in [0.15, 0.2) is 42.5 Å². The molecular formula is C17H16F2N2O3S. The minimum Gasteiger partial charge on any atom is -0.322 e. The van der Waals surface area contributed by atoms with E-state index < -0.39 is 27.6 Å². The van der Waals surface area contributed by atoms with E-state index in [9.17, 15) is 22.0 Å². The van der Waals surface area contributed by atoms with Crippen LogP contribution in [0.3, 0.4) is 0 Å². The van der Waals surface area contributed by atoms with E-state index in [0.717, 1.165) is 18.6 Å². The summed E-state index contributed by atoms with van der Waals surface area (Å²) in [5.41, 5.74) is 0.915. The fourth-order valence-electron chi connectivity index (χ4n) is 2.64. The van der Waals surface area contributed by atoms with E-state index in [4.69, 9.17) is 0 Å². The molecule has 0 spiro atoms. The maximum Gasteiger partial charge on any atom is 0.255 e. The van der Waals surface area contributed by atoms with Crippen molar-refractivity contribution < 1.29 is 22.0 Å². The van der Waals surface area contributed by atoms with Gasteiger partial charge in [-0.25, -0.2) is 17.2 Å². The van der Waals surface area contributed by atoms with Crippen molar-refractivity contribution in [1.82, 2.24) is 0 Å². The number of anilines is 2. The molecule has 1 heterocycles. The summed E-state index contributed by atoms with van der Waals surface area (Å²) in [5.74, 6) is -2.43. The minimum atomic E-state index is -3.31. The Bertz CT molecular complexity index is 899. The van der Waals surface area contributed by atoms with Crippen LogP contribution in [0.4, 0.5) is 20.2 Å². The summed E-state index contributed by atoms with van der Waals surface area (Å²) in [6, 6.07) is 9.18. The van der Waals surface area contributed by atoms with Gasteiger partial charge < -0.3 is 5.32 Å². The Labute approximate surface area is 144 Å². The number of carbonyl (C=O) groups excluding carboxylic acids is 1. The highest BCUT2D eigenvalue weighted by atomic mass is 32.2. The lowest BCUT2D eigenvalue weighted by atomic mass is 10.2. The first kappa shape index (κ1) is 17.3. The van der Waals surface area contributed by atoms with E-state index in [-0.39, 0.29) is 17.0 Å². The highest BCUT2D eigenvalue weighted by Gasteiger charge is 2.26. The minimum absolute atomic E-state index is 0.116. The summed E-state index contributed by atoms with van der Waals surface area (Å²) < 4.78 is 51.6. The zero-order valence-corrected chi connectivity index (χ0v) is 14.0. The Balaban J connectivity index is 1.75. The van der Waals surface area contributed by atoms with E-state index in [1.807, 2.05) is 0 Å². The number of amides is 1. The van der Waals surface area contributed by atoms with E-state index in [1.165, 1.54) is 22.5 Å². The van der Waals surface area contributed by atoms with Gasteiger partial charge in [0.25, 0.3) is 5.91 Å². The summed E-state index contributed by atoms with van der Waals surface area (Å²) in [6.07, 6.45) is 1.44. The summed E-state index contributed by atoms with van der Waals surface area (Å²) >= 11 is 0. The van der Waals surface area contributed by atoms with Crippen molar-refractivity contribution in [3.63, 3.8) is 0 Å². The molecule has 1 amide bonds. The van der Waals surface area contributed by atoms with Crippen molar-refractivity contribution in [3.8, 4) is 0 Å². The maximum absolute atomic E-state index is 13.2. The maximum atomic E-state index is 13.2. The molecule has 1 aliphatic rings. The number of nitrogens with one attached hydrogen (secondary N) is 1. The number of hydrogen-bond acceptors (Lipinski definition) is 3. The summed E-state index contributed by atoms with van der Waals surface area (Å²) in [5, 5.41) is 2.46. The molecule has 1 saturated heterocycles. The highest BCUT2D eigenvalue weighted by molar-refractivity contribution is 7.92. The molecule has 1 aliphatic heterocycles. The number of benzene rings is 2. The Hall–Kier alpha value is -2.48. The molecule has 0 aliphatic carbocycles. The topological polar surface area (TPSA) is 66.5 Å². The number of halogens is 2. The molecule has 132 valence electrons. The quantitative estimate of drug-likeness (QED) is 0.907. The molecule has 0 radical (unpaired) electrons. The number of rotatable bonds is 3. The predicted molar refractivity (Wildman–Crippen MR) is 91.1 cm³/mol. The van der Waals surface area contributed by atoms with Crippen LogP contribution >= 0.6 is 0 Å². The van der Waals surface area contributed by atoms with Crippen molar-refractivity contribution in [2.45, 2.75) is 12.8 Å². The van der Waals surface area contributed by atoms with Crippen LogP contribution in [0.5, 0.6) is 0 Å². The van der Waals surface area contributed by atoms with Gasteiger partial charge in [-0.15, -0.1) is 0 Å². The molecule has 3 rings (SSSR count). The molecule has 5 nitrogen and oxygen atoms in total. The molecule has 2 aromatic carbocycles. The van der Waals surface area contributed by atoms with Crippen molar-refractivity contribution in [3.05, 3.63) is 59.7 Å². The monoisotopic (exact) mass is 366 g/mol. The molecule has 2 aromatic rings. The van der Waals surface area contributed by atoms with E-state index in [1.54, 1.807) is 12.1 Å². The van der Waals surface area contributed by atoms with Gasteiger partial charge in [-0.2, -0.15) is 0 Å². The molecule has 8 heteroatoms. The van der Waals surface area contributed by atoms with Gasteiger partial charge in [-0.05, 0) is 49.2 Å². The van der Waals surface area contributed by atoms with Gasteiger partial charge in [0.15, 0.2) is 11.6 Å². The third kappa shape index (κ3) is 3.79. The summed E-state index contributed by atoms with van der Waals surface area (Å²) in [6.45, 7) is 0.419. The van der Waals surface area contributed by atoms with Crippen LogP contribution in [-0.2, 0) is 10.0 Å². The standard InChI is InChI=1S/C17H16F2N2O3S/c18-15-8-5-13(11-16(15)19)20-17(22)12-3-6-14(7-4-12)21-9-1-2-10-25(21,23)24/h3-8,11H,1-2,9-10H2,(H,20,22). The van der Waals surface area contributed by atoms with Crippen LogP contribution in [0.2, 0.25) is 0 Å². The Morgan fingerprint density at radius 3 is 2.36 bits per heavy atom. The lowest BCUT2D eigenvalue weighted by Crippen LogP contribution is -2.37. The van der Waals surface area contributed by atoms with Crippen LogP contribution in [0.25, 0.3) is 0 Å². The van der Waals surface area contributed by atoms with Gasteiger partial charge >= 0.3 is 0 Å². The van der Waals surface area contributed by atoms with Gasteiger partial charge in [0.2, 0.25) is 10.0 Å².